The highest BCUT2D eigenvalue weighted by Gasteiger charge is 2.10. The second-order valence-electron chi connectivity index (χ2n) is 4.45. The van der Waals surface area contributed by atoms with Gasteiger partial charge in [-0.25, -0.2) is 4.79 Å². The van der Waals surface area contributed by atoms with Crippen LogP contribution in [-0.4, -0.2) is 9.55 Å². The van der Waals surface area contributed by atoms with Gasteiger partial charge in [0.25, 0.3) is 0 Å². The van der Waals surface area contributed by atoms with Crippen molar-refractivity contribution in [3.8, 4) is 0 Å². The van der Waals surface area contributed by atoms with E-state index in [1.54, 1.807) is 4.57 Å². The Balaban J connectivity index is 2.28. The smallest absolute Gasteiger partial charge is 0.322 e. The second kappa shape index (κ2) is 5.14. The maximum atomic E-state index is 11.8. The predicted molar refractivity (Wildman–Crippen MR) is 71.3 cm³/mol. The normalized spacial score (nSPS) is 12.4. The molecule has 0 fully saturated rings. The lowest BCUT2D eigenvalue weighted by Crippen LogP contribution is -2.30. The van der Waals surface area contributed by atoms with Crippen LogP contribution in [0.1, 0.15) is 23.0 Å². The molecule has 0 radical (unpaired) electrons. The monoisotopic (exact) mass is 243 g/mol. The summed E-state index contributed by atoms with van der Waals surface area (Å²) in [5.74, 6) is 0. The van der Waals surface area contributed by atoms with Crippen LogP contribution in [0.15, 0.2) is 41.2 Å². The quantitative estimate of drug-likeness (QED) is 0.890. The van der Waals surface area contributed by atoms with E-state index in [2.05, 4.69) is 4.98 Å². The average Bonchev–Trinajstić information content (AvgIpc) is 2.34. The Morgan fingerprint density at radius 3 is 2.56 bits per heavy atom. The molecular formula is C14H17N3O. The first kappa shape index (κ1) is 12.5. The van der Waals surface area contributed by atoms with E-state index >= 15 is 0 Å². The molecule has 0 bridgehead atoms. The van der Waals surface area contributed by atoms with E-state index in [0.29, 0.717) is 6.54 Å². The first-order valence-electron chi connectivity index (χ1n) is 5.93. The van der Waals surface area contributed by atoms with Crippen molar-refractivity contribution in [2.24, 2.45) is 5.73 Å². The van der Waals surface area contributed by atoms with Crippen LogP contribution < -0.4 is 11.4 Å². The number of aromatic nitrogens is 2. The number of hydrogen-bond donors (Lipinski definition) is 1. The lowest BCUT2D eigenvalue weighted by atomic mass is 10.1. The molecule has 1 aromatic carbocycles. The number of aryl methyl sites for hydroxylation is 2. The molecule has 0 saturated carbocycles. The standard InChI is InChI=1S/C14H17N3O/c1-10-8-11(2)17(14(18)16-10)9-13(15)12-6-4-3-5-7-12/h3-8,13H,9,15H2,1-2H3. The van der Waals surface area contributed by atoms with Gasteiger partial charge in [-0.15, -0.1) is 0 Å². The Morgan fingerprint density at radius 2 is 1.94 bits per heavy atom. The highest BCUT2D eigenvalue weighted by Crippen LogP contribution is 2.11. The summed E-state index contributed by atoms with van der Waals surface area (Å²) >= 11 is 0. The Bertz CT molecular complexity index is 590. The van der Waals surface area contributed by atoms with Crippen LogP contribution in [0.4, 0.5) is 0 Å². The molecule has 4 heteroatoms. The second-order valence-corrected chi connectivity index (χ2v) is 4.45. The summed E-state index contributed by atoms with van der Waals surface area (Å²) < 4.78 is 1.62. The predicted octanol–water partition coefficient (Wildman–Crippen LogP) is 1.56. The summed E-state index contributed by atoms with van der Waals surface area (Å²) in [6.45, 7) is 4.16. The topological polar surface area (TPSA) is 60.9 Å². The van der Waals surface area contributed by atoms with Crippen molar-refractivity contribution in [1.29, 1.82) is 0 Å². The molecule has 2 aromatic rings. The largest absolute Gasteiger partial charge is 0.348 e. The van der Waals surface area contributed by atoms with E-state index in [1.165, 1.54) is 0 Å². The minimum Gasteiger partial charge on any atom is -0.322 e. The van der Waals surface area contributed by atoms with Gasteiger partial charge in [-0.3, -0.25) is 4.57 Å². The molecule has 1 heterocycles. The fourth-order valence-corrected chi connectivity index (χ4v) is 2.00. The number of nitrogens with zero attached hydrogens (tertiary/aromatic N) is 2. The lowest BCUT2D eigenvalue weighted by molar-refractivity contribution is 0.538. The van der Waals surface area contributed by atoms with Crippen LogP contribution in [0.5, 0.6) is 0 Å². The van der Waals surface area contributed by atoms with Gasteiger partial charge in [0.2, 0.25) is 0 Å². The molecule has 1 atom stereocenters. The highest BCUT2D eigenvalue weighted by atomic mass is 16.1. The van der Waals surface area contributed by atoms with Crippen LogP contribution in [0.3, 0.4) is 0 Å². The van der Waals surface area contributed by atoms with E-state index in [9.17, 15) is 4.79 Å². The third-order valence-electron chi connectivity index (χ3n) is 2.95. The van der Waals surface area contributed by atoms with Gasteiger partial charge in [-0.05, 0) is 25.5 Å². The number of nitrogens with two attached hydrogens (primary N) is 1. The van der Waals surface area contributed by atoms with Crippen molar-refractivity contribution in [3.05, 3.63) is 63.8 Å². The Labute approximate surface area is 106 Å². The molecule has 0 aliphatic rings. The summed E-state index contributed by atoms with van der Waals surface area (Å²) in [6, 6.07) is 11.4. The molecular weight excluding hydrogens is 226 g/mol. The highest BCUT2D eigenvalue weighted by molar-refractivity contribution is 5.18. The van der Waals surface area contributed by atoms with Crippen LogP contribution in [0, 0.1) is 13.8 Å². The molecule has 94 valence electrons. The molecule has 1 unspecified atom stereocenters. The van der Waals surface area contributed by atoms with Crippen LogP contribution in [0.2, 0.25) is 0 Å². The molecule has 0 aliphatic heterocycles. The van der Waals surface area contributed by atoms with Crippen LogP contribution in [0.25, 0.3) is 0 Å². The van der Waals surface area contributed by atoms with Gasteiger partial charge < -0.3 is 5.73 Å². The number of benzene rings is 1. The summed E-state index contributed by atoms with van der Waals surface area (Å²) in [4.78, 5) is 15.8. The Kier molecular flexibility index (Phi) is 3.58. The molecule has 0 amide bonds. The maximum Gasteiger partial charge on any atom is 0.348 e. The molecule has 0 aliphatic carbocycles. The molecule has 4 nitrogen and oxygen atoms in total. The third kappa shape index (κ3) is 2.65. The molecule has 18 heavy (non-hydrogen) atoms. The van der Waals surface area contributed by atoms with Crippen LogP contribution >= 0.6 is 0 Å². The summed E-state index contributed by atoms with van der Waals surface area (Å²) in [7, 11) is 0. The maximum absolute atomic E-state index is 11.8. The van der Waals surface area contributed by atoms with E-state index in [1.807, 2.05) is 50.2 Å². The van der Waals surface area contributed by atoms with E-state index in [0.717, 1.165) is 17.0 Å². The van der Waals surface area contributed by atoms with Gasteiger partial charge in [0.1, 0.15) is 0 Å². The van der Waals surface area contributed by atoms with E-state index < -0.39 is 0 Å². The van der Waals surface area contributed by atoms with E-state index in [-0.39, 0.29) is 11.7 Å². The Morgan fingerprint density at radius 1 is 1.28 bits per heavy atom. The van der Waals surface area contributed by atoms with Gasteiger partial charge in [-0.2, -0.15) is 4.98 Å². The van der Waals surface area contributed by atoms with Crippen molar-refractivity contribution >= 4 is 0 Å². The SMILES string of the molecule is Cc1cc(C)n(CC(N)c2ccccc2)c(=O)n1. The lowest BCUT2D eigenvalue weighted by Gasteiger charge is -2.15. The first-order chi connectivity index (χ1) is 8.58. The first-order valence-corrected chi connectivity index (χ1v) is 5.93. The van der Waals surface area contributed by atoms with Gasteiger partial charge in [0.15, 0.2) is 0 Å². The van der Waals surface area contributed by atoms with Crippen molar-refractivity contribution in [1.82, 2.24) is 9.55 Å². The van der Waals surface area contributed by atoms with Gasteiger partial charge >= 0.3 is 5.69 Å². The van der Waals surface area contributed by atoms with Crippen molar-refractivity contribution in [3.63, 3.8) is 0 Å². The Hall–Kier alpha value is -1.94. The average molecular weight is 243 g/mol. The molecule has 0 saturated heterocycles. The molecule has 2 rings (SSSR count). The van der Waals surface area contributed by atoms with Crippen molar-refractivity contribution in [2.75, 3.05) is 0 Å². The zero-order valence-corrected chi connectivity index (χ0v) is 10.6. The van der Waals surface area contributed by atoms with Crippen molar-refractivity contribution in [2.45, 2.75) is 26.4 Å². The number of hydrogen-bond acceptors (Lipinski definition) is 3. The summed E-state index contributed by atoms with van der Waals surface area (Å²) in [5, 5.41) is 0. The zero-order valence-electron chi connectivity index (χ0n) is 10.6. The minimum atomic E-state index is -0.237. The van der Waals surface area contributed by atoms with Gasteiger partial charge in [0, 0.05) is 24.0 Å². The minimum absolute atomic E-state index is 0.202. The summed E-state index contributed by atoms with van der Waals surface area (Å²) in [6.07, 6.45) is 0. The zero-order chi connectivity index (χ0) is 13.1. The fourth-order valence-electron chi connectivity index (χ4n) is 2.00. The van der Waals surface area contributed by atoms with Gasteiger partial charge in [-0.1, -0.05) is 30.3 Å². The molecule has 0 spiro atoms. The fraction of sp³-hybridized carbons (Fsp3) is 0.286. The van der Waals surface area contributed by atoms with Gasteiger partial charge in [0.05, 0.1) is 0 Å². The summed E-state index contributed by atoms with van der Waals surface area (Å²) in [5.41, 5.74) is 8.52. The molecule has 1 aromatic heterocycles. The molecule has 2 N–H and O–H groups in total. The van der Waals surface area contributed by atoms with E-state index in [4.69, 9.17) is 5.73 Å². The number of rotatable bonds is 3. The van der Waals surface area contributed by atoms with Crippen molar-refractivity contribution < 1.29 is 0 Å². The third-order valence-corrected chi connectivity index (χ3v) is 2.95. The van der Waals surface area contributed by atoms with Crippen LogP contribution in [-0.2, 0) is 6.54 Å².